The fraction of sp³-hybridized carbons (Fsp3) is 0.909. The van der Waals surface area contributed by atoms with Gasteiger partial charge in [-0.05, 0) is 32.4 Å². The van der Waals surface area contributed by atoms with E-state index in [1.54, 1.807) is 0 Å². The number of hydrogen-bond acceptors (Lipinski definition) is 3. The van der Waals surface area contributed by atoms with Crippen LogP contribution in [-0.4, -0.2) is 37.7 Å². The van der Waals surface area contributed by atoms with Gasteiger partial charge in [-0.3, -0.25) is 4.79 Å². The molecule has 2 N–H and O–H groups in total. The van der Waals surface area contributed by atoms with Crippen LogP contribution in [-0.2, 0) is 9.53 Å². The number of amides is 1. The summed E-state index contributed by atoms with van der Waals surface area (Å²) in [7, 11) is 0. The van der Waals surface area contributed by atoms with Crippen LogP contribution in [0.15, 0.2) is 0 Å². The Morgan fingerprint density at radius 3 is 2.73 bits per heavy atom. The van der Waals surface area contributed by atoms with E-state index in [0.29, 0.717) is 5.92 Å². The lowest BCUT2D eigenvalue weighted by Gasteiger charge is -2.32. The summed E-state index contributed by atoms with van der Waals surface area (Å²) in [6.45, 7) is 6.76. The first kappa shape index (κ1) is 10.9. The van der Waals surface area contributed by atoms with Crippen LogP contribution < -0.4 is 10.6 Å². The Hall–Kier alpha value is -0.610. The van der Waals surface area contributed by atoms with E-state index < -0.39 is 0 Å². The van der Waals surface area contributed by atoms with Gasteiger partial charge in [-0.1, -0.05) is 6.92 Å². The minimum absolute atomic E-state index is 0.124. The first-order valence-corrected chi connectivity index (χ1v) is 5.81. The highest BCUT2D eigenvalue weighted by Crippen LogP contribution is 2.18. The molecule has 0 aromatic rings. The van der Waals surface area contributed by atoms with Crippen LogP contribution in [0.25, 0.3) is 0 Å². The monoisotopic (exact) mass is 212 g/mol. The molecule has 0 saturated carbocycles. The molecule has 4 nitrogen and oxygen atoms in total. The second-order valence-electron chi connectivity index (χ2n) is 4.69. The summed E-state index contributed by atoms with van der Waals surface area (Å²) < 4.78 is 5.42. The highest BCUT2D eigenvalue weighted by molar-refractivity contribution is 5.79. The average molecular weight is 212 g/mol. The predicted molar refractivity (Wildman–Crippen MR) is 57.5 cm³/mol. The molecular weight excluding hydrogens is 192 g/mol. The maximum absolute atomic E-state index is 11.9. The van der Waals surface area contributed by atoms with Crippen molar-refractivity contribution in [2.75, 3.05) is 19.7 Å². The number of hydrogen-bond donors (Lipinski definition) is 2. The quantitative estimate of drug-likeness (QED) is 0.699. The number of nitrogens with one attached hydrogen (secondary N) is 2. The highest BCUT2D eigenvalue weighted by Gasteiger charge is 2.32. The Morgan fingerprint density at radius 2 is 2.27 bits per heavy atom. The second kappa shape index (κ2) is 4.49. The van der Waals surface area contributed by atoms with Crippen molar-refractivity contribution in [2.45, 2.75) is 32.4 Å². The van der Waals surface area contributed by atoms with Crippen LogP contribution in [0.4, 0.5) is 0 Å². The van der Waals surface area contributed by atoms with E-state index >= 15 is 0 Å². The van der Waals surface area contributed by atoms with Gasteiger partial charge in [-0.15, -0.1) is 0 Å². The van der Waals surface area contributed by atoms with Crippen molar-refractivity contribution in [3.63, 3.8) is 0 Å². The second-order valence-corrected chi connectivity index (χ2v) is 4.69. The molecule has 2 aliphatic rings. The van der Waals surface area contributed by atoms with Crippen molar-refractivity contribution in [3.05, 3.63) is 0 Å². The lowest BCUT2D eigenvalue weighted by Crippen LogP contribution is -2.51. The summed E-state index contributed by atoms with van der Waals surface area (Å²) in [5.41, 5.74) is 0. The highest BCUT2D eigenvalue weighted by atomic mass is 16.5. The van der Waals surface area contributed by atoms with Crippen molar-refractivity contribution < 1.29 is 9.53 Å². The average Bonchev–Trinajstić information content (AvgIpc) is 2.49. The maximum Gasteiger partial charge on any atom is 0.223 e. The van der Waals surface area contributed by atoms with Gasteiger partial charge in [0.1, 0.15) is 0 Å². The number of rotatable bonds is 3. The molecule has 0 aliphatic carbocycles. The van der Waals surface area contributed by atoms with Crippen molar-refractivity contribution in [1.82, 2.24) is 10.6 Å². The molecule has 2 fully saturated rings. The van der Waals surface area contributed by atoms with Gasteiger partial charge in [0.15, 0.2) is 0 Å². The van der Waals surface area contributed by atoms with Gasteiger partial charge in [0.25, 0.3) is 0 Å². The smallest absolute Gasteiger partial charge is 0.223 e. The number of ether oxygens (including phenoxy) is 1. The Morgan fingerprint density at radius 1 is 1.53 bits per heavy atom. The number of carbonyl (C=O) groups is 1. The van der Waals surface area contributed by atoms with Gasteiger partial charge in [0, 0.05) is 12.5 Å². The van der Waals surface area contributed by atoms with Gasteiger partial charge in [-0.25, -0.2) is 0 Å². The molecule has 4 heteroatoms. The SMILES string of the molecule is CC1OCCC1NC(=O)C(C)C1CNC1. The molecule has 0 aromatic heterocycles. The summed E-state index contributed by atoms with van der Waals surface area (Å²) in [4.78, 5) is 11.9. The van der Waals surface area contributed by atoms with Crippen molar-refractivity contribution in [2.24, 2.45) is 11.8 Å². The van der Waals surface area contributed by atoms with E-state index in [9.17, 15) is 4.79 Å². The maximum atomic E-state index is 11.9. The van der Waals surface area contributed by atoms with Crippen molar-refractivity contribution in [3.8, 4) is 0 Å². The summed E-state index contributed by atoms with van der Waals surface area (Å²) in [6, 6.07) is 0.216. The lowest BCUT2D eigenvalue weighted by atomic mass is 9.88. The van der Waals surface area contributed by atoms with Crippen LogP contribution in [0.1, 0.15) is 20.3 Å². The Labute approximate surface area is 90.8 Å². The van der Waals surface area contributed by atoms with E-state index in [-0.39, 0.29) is 24.0 Å². The Bertz CT molecular complexity index is 241. The topological polar surface area (TPSA) is 50.4 Å². The molecule has 2 rings (SSSR count). The zero-order valence-corrected chi connectivity index (χ0v) is 9.45. The predicted octanol–water partition coefficient (Wildman–Crippen LogP) is 0.136. The third-order valence-electron chi connectivity index (χ3n) is 3.64. The van der Waals surface area contributed by atoms with E-state index in [1.807, 2.05) is 13.8 Å². The zero-order chi connectivity index (χ0) is 10.8. The molecule has 3 unspecified atom stereocenters. The molecule has 1 amide bonds. The summed E-state index contributed by atoms with van der Waals surface area (Å²) in [5.74, 6) is 0.825. The zero-order valence-electron chi connectivity index (χ0n) is 9.45. The van der Waals surface area contributed by atoms with E-state index in [0.717, 1.165) is 26.1 Å². The van der Waals surface area contributed by atoms with Gasteiger partial charge >= 0.3 is 0 Å². The summed E-state index contributed by atoms with van der Waals surface area (Å²) >= 11 is 0. The Kier molecular flexibility index (Phi) is 3.26. The van der Waals surface area contributed by atoms with Crippen LogP contribution in [0.3, 0.4) is 0 Å². The van der Waals surface area contributed by atoms with Crippen LogP contribution in [0.2, 0.25) is 0 Å². The molecule has 0 spiro atoms. The normalized spacial score (nSPS) is 33.5. The van der Waals surface area contributed by atoms with E-state index in [4.69, 9.17) is 4.74 Å². The van der Waals surface area contributed by atoms with Gasteiger partial charge in [0.2, 0.25) is 5.91 Å². The van der Waals surface area contributed by atoms with E-state index in [1.165, 1.54) is 0 Å². The first-order valence-electron chi connectivity index (χ1n) is 5.81. The molecule has 0 radical (unpaired) electrons. The van der Waals surface area contributed by atoms with Gasteiger partial charge in [0.05, 0.1) is 12.1 Å². The first-order chi connectivity index (χ1) is 7.18. The molecule has 0 bridgehead atoms. The van der Waals surface area contributed by atoms with Crippen LogP contribution in [0.5, 0.6) is 0 Å². The molecular formula is C11H20N2O2. The third-order valence-corrected chi connectivity index (χ3v) is 3.64. The fourth-order valence-electron chi connectivity index (χ4n) is 2.11. The molecule has 2 aliphatic heterocycles. The minimum atomic E-state index is 0.124. The lowest BCUT2D eigenvalue weighted by molar-refractivity contribution is -0.127. The molecule has 86 valence electrons. The largest absolute Gasteiger partial charge is 0.376 e. The van der Waals surface area contributed by atoms with Crippen LogP contribution >= 0.6 is 0 Å². The standard InChI is InChI=1S/C11H20N2O2/c1-7(9-5-12-6-9)11(14)13-10-3-4-15-8(10)2/h7-10,12H,3-6H2,1-2H3,(H,13,14). The third kappa shape index (κ3) is 2.32. The number of carbonyl (C=O) groups excluding carboxylic acids is 1. The Balaban J connectivity index is 1.80. The van der Waals surface area contributed by atoms with Gasteiger partial charge in [-0.2, -0.15) is 0 Å². The van der Waals surface area contributed by atoms with Crippen LogP contribution in [0, 0.1) is 11.8 Å². The molecule has 0 aromatic carbocycles. The summed E-state index contributed by atoms with van der Waals surface area (Å²) in [6.07, 6.45) is 1.11. The fourth-order valence-corrected chi connectivity index (χ4v) is 2.11. The van der Waals surface area contributed by atoms with Crippen molar-refractivity contribution >= 4 is 5.91 Å². The summed E-state index contributed by atoms with van der Waals surface area (Å²) in [5, 5.41) is 6.28. The molecule has 2 heterocycles. The molecule has 15 heavy (non-hydrogen) atoms. The van der Waals surface area contributed by atoms with Crippen molar-refractivity contribution in [1.29, 1.82) is 0 Å². The minimum Gasteiger partial charge on any atom is -0.376 e. The van der Waals surface area contributed by atoms with E-state index in [2.05, 4.69) is 10.6 Å². The molecule has 3 atom stereocenters. The molecule has 2 saturated heterocycles. The van der Waals surface area contributed by atoms with Gasteiger partial charge < -0.3 is 15.4 Å².